The zero-order valence-electron chi connectivity index (χ0n) is 16.3. The van der Waals surface area contributed by atoms with Gasteiger partial charge in [-0.15, -0.1) is 11.3 Å². The quantitative estimate of drug-likeness (QED) is 0.585. The topological polar surface area (TPSA) is 51.7 Å². The minimum atomic E-state index is -0.720. The SMILES string of the molecule is COc1ccc(-c2nc(C(=O)N3CCC(Oc4ccc(F)cc4F)CC3)cs2)cc1. The lowest BCUT2D eigenvalue weighted by Gasteiger charge is -2.31. The van der Waals surface area contributed by atoms with Crippen molar-refractivity contribution >= 4 is 17.2 Å². The number of thiazole rings is 1. The van der Waals surface area contributed by atoms with Crippen LogP contribution >= 0.6 is 11.3 Å². The Kier molecular flexibility index (Phi) is 5.94. The van der Waals surface area contributed by atoms with E-state index < -0.39 is 11.6 Å². The molecule has 4 rings (SSSR count). The first-order chi connectivity index (χ1) is 14.5. The van der Waals surface area contributed by atoms with Gasteiger partial charge in [-0.3, -0.25) is 4.79 Å². The number of rotatable bonds is 5. The van der Waals surface area contributed by atoms with E-state index in [4.69, 9.17) is 9.47 Å². The smallest absolute Gasteiger partial charge is 0.273 e. The highest BCUT2D eigenvalue weighted by molar-refractivity contribution is 7.13. The highest BCUT2D eigenvalue weighted by atomic mass is 32.1. The molecule has 2 aromatic carbocycles. The third-order valence-electron chi connectivity index (χ3n) is 4.98. The summed E-state index contributed by atoms with van der Waals surface area (Å²) < 4.78 is 37.6. The molecule has 156 valence electrons. The molecule has 1 aliphatic heterocycles. The molecule has 30 heavy (non-hydrogen) atoms. The number of aromatic nitrogens is 1. The standard InChI is InChI=1S/C22H20F2N2O3S/c1-28-16-5-2-14(3-6-16)21-25-19(13-30-21)22(27)26-10-8-17(9-11-26)29-20-7-4-15(23)12-18(20)24/h2-7,12-13,17H,8-11H2,1H3. The summed E-state index contributed by atoms with van der Waals surface area (Å²) in [5.41, 5.74) is 1.34. The fourth-order valence-corrected chi connectivity index (χ4v) is 4.13. The Bertz CT molecular complexity index is 1030. The van der Waals surface area contributed by atoms with Gasteiger partial charge in [0, 0.05) is 42.9 Å². The molecule has 1 fully saturated rings. The molecule has 3 aromatic rings. The molecular weight excluding hydrogens is 410 g/mol. The van der Waals surface area contributed by atoms with Crippen molar-refractivity contribution in [2.75, 3.05) is 20.2 Å². The Morgan fingerprint density at radius 2 is 1.87 bits per heavy atom. The predicted octanol–water partition coefficient (Wildman–Crippen LogP) is 4.78. The number of piperidine rings is 1. The van der Waals surface area contributed by atoms with E-state index in [1.165, 1.54) is 23.5 Å². The minimum Gasteiger partial charge on any atom is -0.497 e. The summed E-state index contributed by atoms with van der Waals surface area (Å²) in [7, 11) is 1.61. The number of ether oxygens (including phenoxy) is 2. The summed E-state index contributed by atoms with van der Waals surface area (Å²) in [6.07, 6.45) is 0.912. The van der Waals surface area contributed by atoms with Crippen molar-refractivity contribution in [2.45, 2.75) is 18.9 Å². The zero-order valence-corrected chi connectivity index (χ0v) is 17.1. The van der Waals surface area contributed by atoms with Gasteiger partial charge in [-0.2, -0.15) is 0 Å². The van der Waals surface area contributed by atoms with E-state index in [1.807, 2.05) is 24.3 Å². The lowest BCUT2D eigenvalue weighted by atomic mass is 10.1. The van der Waals surface area contributed by atoms with Gasteiger partial charge in [0.05, 0.1) is 7.11 Å². The van der Waals surface area contributed by atoms with Crippen LogP contribution in [0.25, 0.3) is 10.6 Å². The molecule has 0 bridgehead atoms. The number of benzene rings is 2. The largest absolute Gasteiger partial charge is 0.497 e. The second-order valence-electron chi connectivity index (χ2n) is 6.95. The van der Waals surface area contributed by atoms with Crippen molar-refractivity contribution < 1.29 is 23.0 Å². The molecule has 0 radical (unpaired) electrons. The average molecular weight is 430 g/mol. The molecular formula is C22H20F2N2O3S. The van der Waals surface area contributed by atoms with Crippen molar-refractivity contribution in [2.24, 2.45) is 0 Å². The molecule has 0 aliphatic carbocycles. The van der Waals surface area contributed by atoms with Crippen LogP contribution in [0.5, 0.6) is 11.5 Å². The number of methoxy groups -OCH3 is 1. The Labute approximate surface area is 176 Å². The molecule has 0 N–H and O–H groups in total. The van der Waals surface area contributed by atoms with Crippen molar-refractivity contribution in [3.8, 4) is 22.1 Å². The second kappa shape index (κ2) is 8.79. The van der Waals surface area contributed by atoms with Crippen LogP contribution in [0.4, 0.5) is 8.78 Å². The van der Waals surface area contributed by atoms with E-state index in [2.05, 4.69) is 4.98 Å². The van der Waals surface area contributed by atoms with E-state index in [0.717, 1.165) is 22.4 Å². The summed E-state index contributed by atoms with van der Waals surface area (Å²) in [6, 6.07) is 10.8. The molecule has 1 amide bonds. The third kappa shape index (κ3) is 4.43. The van der Waals surface area contributed by atoms with Crippen LogP contribution in [0.15, 0.2) is 47.8 Å². The molecule has 1 saturated heterocycles. The van der Waals surface area contributed by atoms with Crippen LogP contribution < -0.4 is 9.47 Å². The summed E-state index contributed by atoms with van der Waals surface area (Å²) >= 11 is 1.42. The van der Waals surface area contributed by atoms with Crippen LogP contribution in [0.1, 0.15) is 23.3 Å². The number of carbonyl (C=O) groups excluding carboxylic acids is 1. The lowest BCUT2D eigenvalue weighted by molar-refractivity contribution is 0.0583. The first-order valence-corrected chi connectivity index (χ1v) is 10.4. The first kappa shape index (κ1) is 20.3. The number of nitrogens with zero attached hydrogens (tertiary/aromatic N) is 2. The zero-order chi connectivity index (χ0) is 21.1. The highest BCUT2D eigenvalue weighted by Crippen LogP contribution is 2.27. The monoisotopic (exact) mass is 430 g/mol. The Balaban J connectivity index is 1.35. The maximum absolute atomic E-state index is 13.8. The Morgan fingerprint density at radius 1 is 1.13 bits per heavy atom. The predicted molar refractivity (Wildman–Crippen MR) is 110 cm³/mol. The minimum absolute atomic E-state index is 0.0322. The molecule has 0 spiro atoms. The summed E-state index contributed by atoms with van der Waals surface area (Å²) in [6.45, 7) is 0.976. The van der Waals surface area contributed by atoms with Crippen LogP contribution in [-0.2, 0) is 0 Å². The summed E-state index contributed by atoms with van der Waals surface area (Å²) in [5.74, 6) is -0.695. The number of halogens is 2. The number of carbonyl (C=O) groups is 1. The molecule has 0 saturated carbocycles. The van der Waals surface area contributed by atoms with Gasteiger partial charge in [0.2, 0.25) is 0 Å². The van der Waals surface area contributed by atoms with E-state index in [0.29, 0.717) is 31.6 Å². The van der Waals surface area contributed by atoms with Crippen molar-refractivity contribution in [1.29, 1.82) is 0 Å². The van der Waals surface area contributed by atoms with Gasteiger partial charge in [-0.1, -0.05) is 0 Å². The second-order valence-corrected chi connectivity index (χ2v) is 7.81. The number of likely N-dealkylation sites (tertiary alicyclic amines) is 1. The van der Waals surface area contributed by atoms with Gasteiger partial charge in [-0.05, 0) is 36.4 Å². The van der Waals surface area contributed by atoms with E-state index in [-0.39, 0.29) is 17.8 Å². The molecule has 1 aromatic heterocycles. The van der Waals surface area contributed by atoms with E-state index >= 15 is 0 Å². The van der Waals surface area contributed by atoms with Gasteiger partial charge < -0.3 is 14.4 Å². The van der Waals surface area contributed by atoms with Gasteiger partial charge in [0.1, 0.15) is 28.4 Å². The molecule has 1 aliphatic rings. The molecule has 8 heteroatoms. The normalized spacial score (nSPS) is 14.6. The summed E-state index contributed by atoms with van der Waals surface area (Å²) in [5, 5.41) is 2.53. The molecule has 5 nitrogen and oxygen atoms in total. The van der Waals surface area contributed by atoms with Crippen LogP contribution in [0.3, 0.4) is 0 Å². The van der Waals surface area contributed by atoms with Crippen LogP contribution in [-0.4, -0.2) is 42.1 Å². The fourth-order valence-electron chi connectivity index (χ4n) is 3.33. The van der Waals surface area contributed by atoms with Crippen LogP contribution in [0.2, 0.25) is 0 Å². The first-order valence-electron chi connectivity index (χ1n) is 9.54. The lowest BCUT2D eigenvalue weighted by Crippen LogP contribution is -2.42. The van der Waals surface area contributed by atoms with Gasteiger partial charge in [0.15, 0.2) is 11.6 Å². The number of hydrogen-bond donors (Lipinski definition) is 0. The van der Waals surface area contributed by atoms with Gasteiger partial charge in [-0.25, -0.2) is 13.8 Å². The molecule has 0 unspecified atom stereocenters. The summed E-state index contributed by atoms with van der Waals surface area (Å²) in [4.78, 5) is 19.0. The molecule has 2 heterocycles. The fraction of sp³-hybridized carbons (Fsp3) is 0.273. The number of hydrogen-bond acceptors (Lipinski definition) is 5. The maximum atomic E-state index is 13.8. The third-order valence-corrected chi connectivity index (χ3v) is 5.87. The molecule has 0 atom stereocenters. The van der Waals surface area contributed by atoms with Gasteiger partial charge >= 0.3 is 0 Å². The van der Waals surface area contributed by atoms with E-state index in [9.17, 15) is 13.6 Å². The van der Waals surface area contributed by atoms with Crippen molar-refractivity contribution in [1.82, 2.24) is 9.88 Å². The van der Waals surface area contributed by atoms with Crippen molar-refractivity contribution in [3.63, 3.8) is 0 Å². The highest BCUT2D eigenvalue weighted by Gasteiger charge is 2.26. The maximum Gasteiger partial charge on any atom is 0.273 e. The number of amides is 1. The van der Waals surface area contributed by atoms with Crippen molar-refractivity contribution in [3.05, 3.63) is 65.2 Å². The Hall–Kier alpha value is -3.00. The van der Waals surface area contributed by atoms with E-state index in [1.54, 1.807) is 17.4 Å². The average Bonchev–Trinajstić information content (AvgIpc) is 3.26. The van der Waals surface area contributed by atoms with Crippen LogP contribution in [0, 0.1) is 11.6 Å². The Morgan fingerprint density at radius 3 is 2.53 bits per heavy atom. The van der Waals surface area contributed by atoms with Gasteiger partial charge in [0.25, 0.3) is 5.91 Å².